The van der Waals surface area contributed by atoms with Crippen LogP contribution >= 0.6 is 11.6 Å². The van der Waals surface area contributed by atoms with Gasteiger partial charge in [0.2, 0.25) is 5.91 Å². The van der Waals surface area contributed by atoms with E-state index < -0.39 is 6.10 Å². The fourth-order valence-corrected chi connectivity index (χ4v) is 3.09. The minimum atomic E-state index is -0.799. The molecule has 1 aliphatic rings. The number of aliphatic hydroxyl groups is 1. The molecule has 5 nitrogen and oxygen atoms in total. The van der Waals surface area contributed by atoms with Gasteiger partial charge in [-0.15, -0.1) is 0 Å². The van der Waals surface area contributed by atoms with Crippen LogP contribution in [0.1, 0.15) is 29.8 Å². The van der Waals surface area contributed by atoms with E-state index in [0.29, 0.717) is 23.6 Å². The second-order valence-electron chi connectivity index (χ2n) is 5.79. The highest BCUT2D eigenvalue weighted by atomic mass is 35.5. The van der Waals surface area contributed by atoms with E-state index in [-0.39, 0.29) is 24.5 Å². The summed E-state index contributed by atoms with van der Waals surface area (Å²) in [6.45, 7) is 0.671. The average Bonchev–Trinajstić information content (AvgIpc) is 3.10. The zero-order valence-corrected chi connectivity index (χ0v) is 13.8. The molecule has 1 aromatic carbocycles. The Bertz CT molecular complexity index is 696. The number of rotatable bonds is 5. The van der Waals surface area contributed by atoms with Gasteiger partial charge in [-0.3, -0.25) is 9.78 Å². The molecule has 1 saturated heterocycles. The fourth-order valence-electron chi connectivity index (χ4n) is 2.89. The van der Waals surface area contributed by atoms with Crippen LogP contribution in [0.2, 0.25) is 5.02 Å². The summed E-state index contributed by atoms with van der Waals surface area (Å²) in [6, 6.07) is 10.7. The number of ether oxygens (including phenoxy) is 1. The number of benzene rings is 1. The molecule has 0 aliphatic carbocycles. The number of halogens is 1. The number of aliphatic hydroxyl groups excluding tert-OH is 1. The molecular weight excluding hydrogens is 328 g/mol. The first kappa shape index (κ1) is 16.9. The van der Waals surface area contributed by atoms with Crippen LogP contribution in [0.5, 0.6) is 0 Å². The van der Waals surface area contributed by atoms with Crippen LogP contribution in [0, 0.1) is 5.92 Å². The highest BCUT2D eigenvalue weighted by Crippen LogP contribution is 2.34. The van der Waals surface area contributed by atoms with Crippen LogP contribution in [0.15, 0.2) is 48.8 Å². The number of nitrogens with one attached hydrogen (secondary N) is 1. The van der Waals surface area contributed by atoms with Crippen LogP contribution in [0.3, 0.4) is 0 Å². The van der Waals surface area contributed by atoms with E-state index in [2.05, 4.69) is 10.3 Å². The summed E-state index contributed by atoms with van der Waals surface area (Å²) in [5.41, 5.74) is 1.57. The Morgan fingerprint density at radius 1 is 1.42 bits per heavy atom. The first-order valence-corrected chi connectivity index (χ1v) is 8.25. The first-order chi connectivity index (χ1) is 11.6. The molecule has 126 valence electrons. The van der Waals surface area contributed by atoms with Crippen molar-refractivity contribution in [3.8, 4) is 0 Å². The Labute approximate surface area is 145 Å². The second-order valence-corrected chi connectivity index (χ2v) is 6.23. The van der Waals surface area contributed by atoms with Gasteiger partial charge in [0, 0.05) is 30.6 Å². The first-order valence-electron chi connectivity index (χ1n) is 7.88. The predicted molar refractivity (Wildman–Crippen MR) is 90.5 cm³/mol. The van der Waals surface area contributed by atoms with Crippen molar-refractivity contribution in [3.05, 3.63) is 64.9 Å². The third-order valence-corrected chi connectivity index (χ3v) is 4.38. The Morgan fingerprint density at radius 2 is 2.29 bits per heavy atom. The van der Waals surface area contributed by atoms with Crippen molar-refractivity contribution in [2.75, 3.05) is 13.2 Å². The SMILES string of the molecule is O=C(NC[C@@H](O)c1cccc(Cl)c1)[C@H]1CCO[C@@H]1c1cccnc1. The van der Waals surface area contributed by atoms with Gasteiger partial charge in [0.05, 0.1) is 18.1 Å². The largest absolute Gasteiger partial charge is 0.387 e. The lowest BCUT2D eigenvalue weighted by molar-refractivity contribution is -0.127. The summed E-state index contributed by atoms with van der Waals surface area (Å²) in [5, 5.41) is 13.6. The van der Waals surface area contributed by atoms with Crippen molar-refractivity contribution in [3.63, 3.8) is 0 Å². The van der Waals surface area contributed by atoms with Gasteiger partial charge in [-0.2, -0.15) is 0 Å². The fraction of sp³-hybridized carbons (Fsp3) is 0.333. The lowest BCUT2D eigenvalue weighted by Crippen LogP contribution is -2.35. The van der Waals surface area contributed by atoms with Crippen molar-refractivity contribution in [1.29, 1.82) is 0 Å². The molecule has 0 bridgehead atoms. The van der Waals surface area contributed by atoms with Crippen LogP contribution in [0.25, 0.3) is 0 Å². The van der Waals surface area contributed by atoms with E-state index in [0.717, 1.165) is 5.56 Å². The Kier molecular flexibility index (Phi) is 5.45. The predicted octanol–water partition coefficient (Wildman–Crippen LogP) is 2.66. The Morgan fingerprint density at radius 3 is 3.04 bits per heavy atom. The molecule has 24 heavy (non-hydrogen) atoms. The van der Waals surface area contributed by atoms with Crippen LogP contribution in [-0.4, -0.2) is 29.1 Å². The molecule has 1 fully saturated rings. The molecule has 0 radical (unpaired) electrons. The molecule has 0 unspecified atom stereocenters. The standard InChI is InChI=1S/C18H19ClN2O3/c19-14-5-1-3-12(9-14)16(22)11-21-18(23)15-6-8-24-17(15)13-4-2-7-20-10-13/h1-5,7,9-10,15-17,22H,6,8,11H2,(H,21,23)/t15-,16+,17+/m0/s1. The third kappa shape index (κ3) is 3.93. The molecule has 6 heteroatoms. The van der Waals surface area contributed by atoms with Crippen LogP contribution in [-0.2, 0) is 9.53 Å². The van der Waals surface area contributed by atoms with Crippen molar-refractivity contribution < 1.29 is 14.6 Å². The molecular formula is C18H19ClN2O3. The molecule has 1 aromatic heterocycles. The number of carbonyl (C=O) groups is 1. The number of amides is 1. The highest BCUT2D eigenvalue weighted by Gasteiger charge is 2.35. The molecule has 0 spiro atoms. The number of carbonyl (C=O) groups excluding carboxylic acids is 1. The number of pyridine rings is 1. The van der Waals surface area contributed by atoms with Gasteiger partial charge in [-0.25, -0.2) is 0 Å². The van der Waals surface area contributed by atoms with E-state index in [9.17, 15) is 9.90 Å². The number of aromatic nitrogens is 1. The molecule has 1 amide bonds. The molecule has 3 atom stereocenters. The number of hydrogen-bond acceptors (Lipinski definition) is 4. The summed E-state index contributed by atoms with van der Waals surface area (Å²) in [5.74, 6) is -0.400. The minimum Gasteiger partial charge on any atom is -0.387 e. The van der Waals surface area contributed by atoms with Gasteiger partial charge in [0.25, 0.3) is 0 Å². The Hall–Kier alpha value is -1.95. The van der Waals surface area contributed by atoms with Crippen molar-refractivity contribution in [2.24, 2.45) is 5.92 Å². The maximum Gasteiger partial charge on any atom is 0.226 e. The molecule has 2 aromatic rings. The lowest BCUT2D eigenvalue weighted by Gasteiger charge is -2.19. The van der Waals surface area contributed by atoms with E-state index >= 15 is 0 Å². The van der Waals surface area contributed by atoms with Gasteiger partial charge >= 0.3 is 0 Å². The van der Waals surface area contributed by atoms with Crippen molar-refractivity contribution in [1.82, 2.24) is 10.3 Å². The maximum atomic E-state index is 12.5. The zero-order valence-electron chi connectivity index (χ0n) is 13.1. The van der Waals surface area contributed by atoms with Crippen molar-refractivity contribution in [2.45, 2.75) is 18.6 Å². The van der Waals surface area contributed by atoms with Crippen molar-refractivity contribution >= 4 is 17.5 Å². The smallest absolute Gasteiger partial charge is 0.226 e. The normalized spacial score (nSPS) is 21.4. The zero-order chi connectivity index (χ0) is 16.9. The van der Waals surface area contributed by atoms with Gasteiger partial charge in [-0.05, 0) is 35.7 Å². The average molecular weight is 347 g/mol. The molecule has 3 rings (SSSR count). The maximum absolute atomic E-state index is 12.5. The molecule has 2 heterocycles. The second kappa shape index (κ2) is 7.75. The molecule has 1 aliphatic heterocycles. The summed E-state index contributed by atoms with van der Waals surface area (Å²) in [6.07, 6.45) is 2.97. The number of hydrogen-bond donors (Lipinski definition) is 2. The van der Waals surface area contributed by atoms with Gasteiger partial charge < -0.3 is 15.2 Å². The van der Waals surface area contributed by atoms with E-state index in [4.69, 9.17) is 16.3 Å². The summed E-state index contributed by atoms with van der Waals surface area (Å²) < 4.78 is 5.70. The van der Waals surface area contributed by atoms with E-state index in [1.165, 1.54) is 0 Å². The van der Waals surface area contributed by atoms with Gasteiger partial charge in [0.1, 0.15) is 0 Å². The molecule has 0 saturated carbocycles. The quantitative estimate of drug-likeness (QED) is 0.873. The summed E-state index contributed by atoms with van der Waals surface area (Å²) in [7, 11) is 0. The third-order valence-electron chi connectivity index (χ3n) is 4.14. The molecule has 2 N–H and O–H groups in total. The monoisotopic (exact) mass is 346 g/mol. The van der Waals surface area contributed by atoms with Crippen LogP contribution in [0.4, 0.5) is 0 Å². The minimum absolute atomic E-state index is 0.123. The van der Waals surface area contributed by atoms with E-state index in [1.54, 1.807) is 36.7 Å². The van der Waals surface area contributed by atoms with Gasteiger partial charge in [-0.1, -0.05) is 29.8 Å². The number of nitrogens with zero attached hydrogens (tertiary/aromatic N) is 1. The lowest BCUT2D eigenvalue weighted by atomic mass is 9.95. The highest BCUT2D eigenvalue weighted by molar-refractivity contribution is 6.30. The van der Waals surface area contributed by atoms with Crippen LogP contribution < -0.4 is 5.32 Å². The summed E-state index contributed by atoms with van der Waals surface area (Å²) in [4.78, 5) is 16.6. The Balaban J connectivity index is 1.60. The van der Waals surface area contributed by atoms with Gasteiger partial charge in [0.15, 0.2) is 0 Å². The topological polar surface area (TPSA) is 71.5 Å². The summed E-state index contributed by atoms with van der Waals surface area (Å²) >= 11 is 5.92. The van der Waals surface area contributed by atoms with E-state index in [1.807, 2.05) is 12.1 Å².